The van der Waals surface area contributed by atoms with Gasteiger partial charge in [0.15, 0.2) is 0 Å². The van der Waals surface area contributed by atoms with Gasteiger partial charge in [-0.3, -0.25) is 4.79 Å². The molecule has 0 saturated heterocycles. The molecule has 0 heterocycles. The van der Waals surface area contributed by atoms with Crippen molar-refractivity contribution >= 4 is 5.91 Å². The summed E-state index contributed by atoms with van der Waals surface area (Å²) in [4.78, 5) is 11.5. The highest BCUT2D eigenvalue weighted by Gasteiger charge is 2.13. The molecule has 2 atom stereocenters. The van der Waals surface area contributed by atoms with Crippen molar-refractivity contribution in [1.82, 2.24) is 10.6 Å². The smallest absolute Gasteiger partial charge is 0.248 e. The Morgan fingerprint density at radius 2 is 2.00 bits per heavy atom. The van der Waals surface area contributed by atoms with E-state index >= 15 is 0 Å². The molecule has 0 aromatic heterocycles. The maximum atomic E-state index is 11.5. The maximum Gasteiger partial charge on any atom is 0.248 e. The standard InChI is InChI=1S/C11H24N2O3/c1-5-15-6-7-16-10(3)11(14)13-8-9(2)12-4/h9-10,12H,5-8H2,1-4H3,(H,13,14). The van der Waals surface area contributed by atoms with Gasteiger partial charge in [-0.2, -0.15) is 0 Å². The first-order valence-electron chi connectivity index (χ1n) is 5.76. The van der Waals surface area contributed by atoms with Crippen molar-refractivity contribution < 1.29 is 14.3 Å². The van der Waals surface area contributed by atoms with Gasteiger partial charge < -0.3 is 20.1 Å². The molecule has 1 amide bonds. The summed E-state index contributed by atoms with van der Waals surface area (Å²) in [5.41, 5.74) is 0. The average molecular weight is 232 g/mol. The minimum Gasteiger partial charge on any atom is -0.379 e. The fourth-order valence-corrected chi connectivity index (χ4v) is 1.00. The highest BCUT2D eigenvalue weighted by molar-refractivity contribution is 5.80. The third kappa shape index (κ3) is 7.62. The Balaban J connectivity index is 3.57. The van der Waals surface area contributed by atoms with Crippen LogP contribution >= 0.6 is 0 Å². The molecule has 0 fully saturated rings. The number of carbonyl (C=O) groups is 1. The third-order valence-corrected chi connectivity index (χ3v) is 2.24. The van der Waals surface area contributed by atoms with Crippen LogP contribution in [-0.2, 0) is 14.3 Å². The Kier molecular flexibility index (Phi) is 9.18. The lowest BCUT2D eigenvalue weighted by atomic mass is 10.3. The second-order valence-corrected chi connectivity index (χ2v) is 3.64. The van der Waals surface area contributed by atoms with E-state index in [-0.39, 0.29) is 11.9 Å². The molecule has 0 saturated carbocycles. The van der Waals surface area contributed by atoms with Gasteiger partial charge in [0.05, 0.1) is 13.2 Å². The van der Waals surface area contributed by atoms with E-state index in [1.54, 1.807) is 6.92 Å². The van der Waals surface area contributed by atoms with Gasteiger partial charge in [0.1, 0.15) is 6.10 Å². The van der Waals surface area contributed by atoms with Gasteiger partial charge in [0.2, 0.25) is 5.91 Å². The monoisotopic (exact) mass is 232 g/mol. The van der Waals surface area contributed by atoms with Crippen molar-refractivity contribution in [3.05, 3.63) is 0 Å². The van der Waals surface area contributed by atoms with Crippen molar-refractivity contribution in [3.8, 4) is 0 Å². The lowest BCUT2D eigenvalue weighted by Crippen LogP contribution is -2.42. The van der Waals surface area contributed by atoms with E-state index < -0.39 is 6.10 Å². The fourth-order valence-electron chi connectivity index (χ4n) is 1.00. The molecule has 96 valence electrons. The number of ether oxygens (including phenoxy) is 2. The number of hydrogen-bond acceptors (Lipinski definition) is 4. The lowest BCUT2D eigenvalue weighted by molar-refractivity contribution is -0.132. The van der Waals surface area contributed by atoms with Crippen molar-refractivity contribution in [3.63, 3.8) is 0 Å². The molecule has 2 N–H and O–H groups in total. The molecule has 5 heteroatoms. The van der Waals surface area contributed by atoms with Crippen LogP contribution in [0, 0.1) is 0 Å². The largest absolute Gasteiger partial charge is 0.379 e. The van der Waals surface area contributed by atoms with Crippen LogP contribution in [0.4, 0.5) is 0 Å². The van der Waals surface area contributed by atoms with Crippen molar-refractivity contribution in [2.24, 2.45) is 0 Å². The molecule has 0 aromatic rings. The van der Waals surface area contributed by atoms with Gasteiger partial charge in [-0.1, -0.05) is 0 Å². The van der Waals surface area contributed by atoms with Crippen molar-refractivity contribution in [2.45, 2.75) is 32.9 Å². The number of carbonyl (C=O) groups excluding carboxylic acids is 1. The minimum absolute atomic E-state index is 0.0846. The maximum absolute atomic E-state index is 11.5. The molecule has 0 aliphatic rings. The van der Waals surface area contributed by atoms with Gasteiger partial charge in [0, 0.05) is 19.2 Å². The first-order valence-corrected chi connectivity index (χ1v) is 5.76. The Bertz CT molecular complexity index is 188. The normalized spacial score (nSPS) is 14.5. The van der Waals surface area contributed by atoms with Crippen LogP contribution < -0.4 is 10.6 Å². The quantitative estimate of drug-likeness (QED) is 0.556. The van der Waals surface area contributed by atoms with Gasteiger partial charge in [-0.25, -0.2) is 0 Å². The topological polar surface area (TPSA) is 59.6 Å². The van der Waals surface area contributed by atoms with E-state index in [2.05, 4.69) is 10.6 Å². The Morgan fingerprint density at radius 1 is 1.31 bits per heavy atom. The summed E-state index contributed by atoms with van der Waals surface area (Å²) in [5.74, 6) is -0.0846. The summed E-state index contributed by atoms with van der Waals surface area (Å²) in [6, 6.07) is 0.263. The molecular formula is C11H24N2O3. The van der Waals surface area contributed by atoms with E-state index in [0.29, 0.717) is 26.4 Å². The van der Waals surface area contributed by atoms with E-state index in [0.717, 1.165) is 0 Å². The van der Waals surface area contributed by atoms with E-state index in [9.17, 15) is 4.79 Å². The number of amides is 1. The summed E-state index contributed by atoms with van der Waals surface area (Å²) >= 11 is 0. The highest BCUT2D eigenvalue weighted by Crippen LogP contribution is 1.91. The lowest BCUT2D eigenvalue weighted by Gasteiger charge is -2.15. The zero-order valence-corrected chi connectivity index (χ0v) is 10.7. The number of nitrogens with one attached hydrogen (secondary N) is 2. The molecule has 0 aliphatic carbocycles. The number of rotatable bonds is 9. The second kappa shape index (κ2) is 9.57. The molecule has 0 aliphatic heterocycles. The fraction of sp³-hybridized carbons (Fsp3) is 0.909. The SMILES string of the molecule is CCOCCOC(C)C(=O)NCC(C)NC. The zero-order chi connectivity index (χ0) is 12.4. The van der Waals surface area contributed by atoms with Crippen molar-refractivity contribution in [1.29, 1.82) is 0 Å². The van der Waals surface area contributed by atoms with Gasteiger partial charge in [-0.15, -0.1) is 0 Å². The summed E-state index contributed by atoms with van der Waals surface area (Å²) in [7, 11) is 1.86. The summed E-state index contributed by atoms with van der Waals surface area (Å²) in [5, 5.41) is 5.85. The van der Waals surface area contributed by atoms with Crippen LogP contribution in [-0.4, -0.2) is 51.5 Å². The summed E-state index contributed by atoms with van der Waals surface area (Å²) < 4.78 is 10.4. The van der Waals surface area contributed by atoms with E-state index in [1.165, 1.54) is 0 Å². The molecular weight excluding hydrogens is 208 g/mol. The van der Waals surface area contributed by atoms with Crippen LogP contribution in [0.3, 0.4) is 0 Å². The number of likely N-dealkylation sites (N-methyl/N-ethyl adjacent to an activating group) is 1. The van der Waals surface area contributed by atoms with Crippen LogP contribution in [0.2, 0.25) is 0 Å². The predicted molar refractivity (Wildman–Crippen MR) is 63.4 cm³/mol. The Labute approximate surface area is 97.9 Å². The molecule has 16 heavy (non-hydrogen) atoms. The molecule has 0 rings (SSSR count). The molecule has 0 radical (unpaired) electrons. The Morgan fingerprint density at radius 3 is 2.56 bits per heavy atom. The third-order valence-electron chi connectivity index (χ3n) is 2.24. The second-order valence-electron chi connectivity index (χ2n) is 3.64. The molecule has 0 bridgehead atoms. The molecule has 2 unspecified atom stereocenters. The molecule has 0 spiro atoms. The van der Waals surface area contributed by atoms with Gasteiger partial charge in [0.25, 0.3) is 0 Å². The first-order chi connectivity index (χ1) is 7.61. The minimum atomic E-state index is -0.426. The predicted octanol–water partition coefficient (Wildman–Crippen LogP) is 0.152. The number of hydrogen-bond donors (Lipinski definition) is 2. The summed E-state index contributed by atoms with van der Waals surface area (Å²) in [6.07, 6.45) is -0.426. The van der Waals surface area contributed by atoms with Gasteiger partial charge >= 0.3 is 0 Å². The van der Waals surface area contributed by atoms with Crippen LogP contribution in [0.1, 0.15) is 20.8 Å². The van der Waals surface area contributed by atoms with Crippen LogP contribution in [0.5, 0.6) is 0 Å². The first kappa shape index (κ1) is 15.3. The average Bonchev–Trinajstić information content (AvgIpc) is 2.30. The molecule has 0 aromatic carbocycles. The van der Waals surface area contributed by atoms with Crippen molar-refractivity contribution in [2.75, 3.05) is 33.4 Å². The Hall–Kier alpha value is -0.650. The van der Waals surface area contributed by atoms with E-state index in [1.807, 2.05) is 20.9 Å². The van der Waals surface area contributed by atoms with Crippen LogP contribution in [0.25, 0.3) is 0 Å². The van der Waals surface area contributed by atoms with E-state index in [4.69, 9.17) is 9.47 Å². The zero-order valence-electron chi connectivity index (χ0n) is 10.7. The summed E-state index contributed by atoms with van der Waals surface area (Å²) in [6.45, 7) is 7.92. The van der Waals surface area contributed by atoms with Crippen LogP contribution in [0.15, 0.2) is 0 Å². The van der Waals surface area contributed by atoms with Gasteiger partial charge in [-0.05, 0) is 27.8 Å². The highest BCUT2D eigenvalue weighted by atomic mass is 16.5. The molecule has 5 nitrogen and oxygen atoms in total.